The van der Waals surface area contributed by atoms with Crippen LogP contribution in [0.15, 0.2) is 406 Å². The molecule has 5 aromatic heterocycles. The van der Waals surface area contributed by atoms with Crippen LogP contribution in [-0.2, 0) is 0 Å². The summed E-state index contributed by atoms with van der Waals surface area (Å²) in [5, 5.41) is 12.5. The van der Waals surface area contributed by atoms with E-state index in [0.29, 0.717) is 0 Å². The quantitative estimate of drug-likeness (QED) is 0.130. The molecule has 0 spiro atoms. The van der Waals surface area contributed by atoms with Crippen molar-refractivity contribution in [2.24, 2.45) is 0 Å². The molecule has 17 aromatic carbocycles. The molecule has 0 fully saturated rings. The Morgan fingerprint density at radius 1 is 0.103 bits per heavy atom. The number of aromatic nitrogens is 5. The van der Waals surface area contributed by atoms with Crippen molar-refractivity contribution in [3.8, 4) is 84.1 Å². The molecule has 5 nitrogen and oxygen atoms in total. The minimum absolute atomic E-state index is 1.15. The van der Waals surface area contributed by atoms with Crippen LogP contribution in [0.25, 0.3) is 193 Å². The topological polar surface area (TPSA) is 24.6 Å². The Labute approximate surface area is 618 Å². The van der Waals surface area contributed by atoms with Gasteiger partial charge in [-0.15, -0.1) is 0 Å². The van der Waals surface area contributed by atoms with Gasteiger partial charge in [-0.3, -0.25) is 0 Å². The smallest absolute Gasteiger partial charge is 0.0541 e. The maximum Gasteiger partial charge on any atom is 0.0541 e. The molecule has 0 saturated carbocycles. The number of hydrogen-bond donors (Lipinski definition) is 0. The summed E-state index contributed by atoms with van der Waals surface area (Å²) < 4.78 is 12.0. The van der Waals surface area contributed by atoms with Crippen molar-refractivity contribution >= 4 is 109 Å². The molecule has 500 valence electrons. The number of para-hydroxylation sites is 8. The van der Waals surface area contributed by atoms with Gasteiger partial charge in [-0.2, -0.15) is 0 Å². The van der Waals surface area contributed by atoms with Crippen LogP contribution in [0.2, 0.25) is 0 Å². The van der Waals surface area contributed by atoms with Crippen molar-refractivity contribution in [2.45, 2.75) is 0 Å². The summed E-state index contributed by atoms with van der Waals surface area (Å²) in [4.78, 5) is 0. The molecule has 0 aliphatic heterocycles. The number of fused-ring (bicyclic) bond motifs is 15. The Hall–Kier alpha value is -14.3. The Morgan fingerprint density at radius 2 is 0.290 bits per heavy atom. The second kappa shape index (κ2) is 25.3. The molecule has 0 N–H and O–H groups in total. The molecule has 0 aliphatic carbocycles. The summed E-state index contributed by atoms with van der Waals surface area (Å²) in [6, 6.07) is 148. The van der Waals surface area contributed by atoms with Crippen LogP contribution in [0.1, 0.15) is 0 Å². The average Bonchev–Trinajstić information content (AvgIpc) is 1.60. The van der Waals surface area contributed by atoms with Gasteiger partial charge in [0.2, 0.25) is 0 Å². The van der Waals surface area contributed by atoms with Crippen molar-refractivity contribution in [1.29, 1.82) is 0 Å². The lowest BCUT2D eigenvalue weighted by atomic mass is 9.98. The van der Waals surface area contributed by atoms with Crippen LogP contribution >= 0.6 is 0 Å². The van der Waals surface area contributed by atoms with Crippen LogP contribution in [0.3, 0.4) is 0 Å². The van der Waals surface area contributed by atoms with Crippen LogP contribution in [0.4, 0.5) is 0 Å². The maximum atomic E-state index is 2.43. The molecule has 107 heavy (non-hydrogen) atoms. The molecule has 5 heterocycles. The summed E-state index contributed by atoms with van der Waals surface area (Å²) >= 11 is 0. The summed E-state index contributed by atoms with van der Waals surface area (Å²) in [6.45, 7) is 0. The fraction of sp³-hybridized carbons (Fsp3) is 0. The summed E-state index contributed by atoms with van der Waals surface area (Å²) in [5.41, 5.74) is 29.9. The lowest BCUT2D eigenvalue weighted by Crippen LogP contribution is -1.96. The number of hydrogen-bond acceptors (Lipinski definition) is 0. The van der Waals surface area contributed by atoms with Gasteiger partial charge >= 0.3 is 0 Å². The third kappa shape index (κ3) is 10.3. The molecule has 0 radical (unpaired) electrons. The van der Waals surface area contributed by atoms with E-state index in [1.54, 1.807) is 0 Å². The predicted octanol–water partition coefficient (Wildman–Crippen LogP) is 27.2. The fourth-order valence-electron chi connectivity index (χ4n) is 17.0. The minimum Gasteiger partial charge on any atom is -0.309 e. The van der Waals surface area contributed by atoms with Gasteiger partial charge in [-0.05, 0) is 219 Å². The Kier molecular flexibility index (Phi) is 14.5. The van der Waals surface area contributed by atoms with Crippen LogP contribution in [0.5, 0.6) is 0 Å². The van der Waals surface area contributed by atoms with E-state index in [1.807, 2.05) is 0 Å². The van der Waals surface area contributed by atoms with E-state index >= 15 is 0 Å². The van der Waals surface area contributed by atoms with E-state index in [4.69, 9.17) is 0 Å². The van der Waals surface area contributed by atoms with Gasteiger partial charge in [0.1, 0.15) is 0 Å². The third-order valence-corrected chi connectivity index (χ3v) is 21.9. The number of nitrogens with zero attached hydrogens (tertiary/aromatic N) is 5. The highest BCUT2D eigenvalue weighted by molar-refractivity contribution is 6.16. The van der Waals surface area contributed by atoms with Gasteiger partial charge in [0.15, 0.2) is 0 Å². The summed E-state index contributed by atoms with van der Waals surface area (Å²) in [5.74, 6) is 0. The Morgan fingerprint density at radius 3 is 0.533 bits per heavy atom. The van der Waals surface area contributed by atoms with Gasteiger partial charge in [-0.25, -0.2) is 0 Å². The highest BCUT2D eigenvalue weighted by Crippen LogP contribution is 2.44. The van der Waals surface area contributed by atoms with Gasteiger partial charge in [-0.1, -0.05) is 243 Å². The largest absolute Gasteiger partial charge is 0.309 e. The molecule has 5 heteroatoms. The van der Waals surface area contributed by atoms with E-state index < -0.39 is 0 Å². The van der Waals surface area contributed by atoms with E-state index in [9.17, 15) is 0 Å². The average molecular weight is 1360 g/mol. The number of rotatable bonds is 10. The first-order valence-corrected chi connectivity index (χ1v) is 36.8. The van der Waals surface area contributed by atoms with Gasteiger partial charge < -0.3 is 22.8 Å². The molecule has 0 aliphatic rings. The molecular formula is C102H67N5. The summed E-state index contributed by atoms with van der Waals surface area (Å²) in [7, 11) is 0. The first kappa shape index (κ1) is 61.4. The second-order valence-electron chi connectivity index (χ2n) is 28.0. The van der Waals surface area contributed by atoms with Crippen molar-refractivity contribution in [2.75, 3.05) is 0 Å². The minimum atomic E-state index is 1.15. The highest BCUT2D eigenvalue weighted by atomic mass is 15.0. The molecule has 0 saturated heterocycles. The monoisotopic (exact) mass is 1360 g/mol. The van der Waals surface area contributed by atoms with Gasteiger partial charge in [0, 0.05) is 82.3 Å². The zero-order valence-corrected chi connectivity index (χ0v) is 58.4. The van der Waals surface area contributed by atoms with Gasteiger partial charge in [0.05, 0.1) is 55.2 Å². The number of benzene rings is 17. The third-order valence-electron chi connectivity index (χ3n) is 21.9. The first-order chi connectivity index (χ1) is 53.1. The fourth-order valence-corrected chi connectivity index (χ4v) is 17.0. The lowest BCUT2D eigenvalue weighted by molar-refractivity contribution is 1.18. The molecular weight excluding hydrogens is 1300 g/mol. The standard InChI is InChI=1S/C54H35N3.C48H32N2/c1-4-14-40(15-5-1)55-49-22-12-10-20-43(49)45-32-36(24-28-51(45)55)38-26-30-53-47(34-38)48-35-39(27-31-54(48)57(53)42-18-8-3-9-19-42)37-25-29-52-46(33-37)44-21-11-13-23-50(44)56(52)41-16-6-2-7-17-41;1-4-14-33(15-5-1)37-28-38(34-16-6-2-7-17-34)30-40(29-37)50-46-23-13-11-21-42(46)44-32-36(25-27-48(44)50)35-24-26-47-43(31-35)41-20-10-12-22-45(41)49(47)39-18-8-3-9-19-39/h1-35H;1-32H. The Bertz CT molecular complexity index is 6930. The summed E-state index contributed by atoms with van der Waals surface area (Å²) in [6.07, 6.45) is 0. The van der Waals surface area contributed by atoms with Crippen LogP contribution in [-0.4, -0.2) is 22.8 Å². The van der Waals surface area contributed by atoms with E-state index in [2.05, 4.69) is 429 Å². The van der Waals surface area contributed by atoms with E-state index in [1.165, 1.54) is 182 Å². The molecule has 22 aromatic rings. The van der Waals surface area contributed by atoms with Crippen molar-refractivity contribution in [3.63, 3.8) is 0 Å². The normalized spacial score (nSPS) is 11.7. The predicted molar refractivity (Wildman–Crippen MR) is 452 cm³/mol. The van der Waals surface area contributed by atoms with E-state index in [0.717, 1.165) is 11.4 Å². The Balaban J connectivity index is 0.000000138. The maximum absolute atomic E-state index is 2.43. The molecule has 0 atom stereocenters. The molecule has 22 rings (SSSR count). The van der Waals surface area contributed by atoms with E-state index in [-0.39, 0.29) is 0 Å². The van der Waals surface area contributed by atoms with Crippen LogP contribution < -0.4 is 0 Å². The molecule has 0 bridgehead atoms. The van der Waals surface area contributed by atoms with Crippen molar-refractivity contribution in [3.05, 3.63) is 406 Å². The van der Waals surface area contributed by atoms with Crippen molar-refractivity contribution < 1.29 is 0 Å². The van der Waals surface area contributed by atoms with Crippen LogP contribution in [0, 0.1) is 0 Å². The highest BCUT2D eigenvalue weighted by Gasteiger charge is 2.22. The molecule has 0 unspecified atom stereocenters. The zero-order valence-electron chi connectivity index (χ0n) is 58.4. The van der Waals surface area contributed by atoms with Gasteiger partial charge in [0.25, 0.3) is 0 Å². The zero-order chi connectivity index (χ0) is 70.5. The first-order valence-electron chi connectivity index (χ1n) is 36.8. The second-order valence-corrected chi connectivity index (χ2v) is 28.0. The SMILES string of the molecule is c1ccc(-c2cc(-c3ccccc3)cc(-n3c4ccccc4c4cc(-c5ccc6c(c5)c5ccccc5n6-c5ccccc5)ccc43)c2)cc1.c1ccc(-n2c3ccccc3c3cc(-c4ccc5c(c4)c4cc(-c6ccc7c(c6)c6ccccc6n7-c6ccccc6)ccc4n5-c4ccccc4)ccc32)cc1. The molecule has 0 amide bonds. The van der Waals surface area contributed by atoms with Crippen molar-refractivity contribution in [1.82, 2.24) is 22.8 Å². The lowest BCUT2D eigenvalue weighted by Gasteiger charge is -2.14.